The number of sulfonamides is 1. The second-order valence-electron chi connectivity index (χ2n) is 6.96. The molecule has 4 aromatic rings. The number of halogens is 1. The van der Waals surface area contributed by atoms with Crippen LogP contribution < -0.4 is 0 Å². The molecular formula is C23H17ClN2O4S. The number of carbonyl (C=O) groups is 1. The van der Waals surface area contributed by atoms with E-state index in [4.69, 9.17) is 11.6 Å². The number of aromatic nitrogens is 1. The number of carbonyl (C=O) groups excluding carboxylic acids is 1. The average molecular weight is 453 g/mol. The number of rotatable bonds is 5. The Bertz CT molecular complexity index is 1420. The van der Waals surface area contributed by atoms with Gasteiger partial charge >= 0.3 is 0 Å². The van der Waals surface area contributed by atoms with Gasteiger partial charge in [-0.25, -0.2) is 0 Å². The highest BCUT2D eigenvalue weighted by Crippen LogP contribution is 2.32. The maximum Gasteiger partial charge on any atom is 0.283 e. The average Bonchev–Trinajstić information content (AvgIpc) is 3.08. The number of aryl methyl sites for hydroxylation is 1. The second-order valence-corrected chi connectivity index (χ2v) is 9.00. The van der Waals surface area contributed by atoms with Gasteiger partial charge in [0.15, 0.2) is 11.5 Å². The Balaban J connectivity index is 1.94. The minimum atomic E-state index is -4.23. The van der Waals surface area contributed by atoms with E-state index >= 15 is 0 Å². The van der Waals surface area contributed by atoms with Gasteiger partial charge < -0.3 is 10.1 Å². The number of fused-ring (bicyclic) bond motifs is 1. The summed E-state index contributed by atoms with van der Waals surface area (Å²) in [5, 5.41) is 11.5. The molecule has 156 valence electrons. The lowest BCUT2D eigenvalue weighted by molar-refractivity contribution is 0.106. The summed E-state index contributed by atoms with van der Waals surface area (Å²) in [7, 11) is -4.23. The predicted molar refractivity (Wildman–Crippen MR) is 121 cm³/mol. The smallest absolute Gasteiger partial charge is 0.283 e. The Hall–Kier alpha value is -3.42. The van der Waals surface area contributed by atoms with E-state index in [1.807, 2.05) is 6.92 Å². The van der Waals surface area contributed by atoms with Crippen molar-refractivity contribution in [3.05, 3.63) is 94.6 Å². The molecule has 8 heteroatoms. The Labute approximate surface area is 183 Å². The number of Topliss-reactive ketones (excluding diaryl/α,β-unsaturated/α-hetero) is 1. The fraction of sp³-hybridized carbons (Fsp3) is 0.0435. The minimum Gasteiger partial charge on any atom is -0.505 e. The standard InChI is InChI=1S/C23H17ClN2O4S/c1-14-7-10-17(11-8-14)31(29,30)26-21(22(27)15-5-3-2-4-6-15)20-23(28)18-13-16(24)9-12-19(18)25-20/h2-13,25,28H,1H3/b26-21+. The van der Waals surface area contributed by atoms with Crippen molar-refractivity contribution in [3.8, 4) is 5.75 Å². The zero-order chi connectivity index (χ0) is 22.2. The minimum absolute atomic E-state index is 0.0601. The molecule has 0 spiro atoms. The highest BCUT2D eigenvalue weighted by Gasteiger charge is 2.26. The molecule has 0 saturated carbocycles. The van der Waals surface area contributed by atoms with Crippen LogP contribution in [0.5, 0.6) is 5.75 Å². The van der Waals surface area contributed by atoms with E-state index in [-0.39, 0.29) is 21.9 Å². The number of hydrogen-bond acceptors (Lipinski definition) is 4. The summed E-state index contributed by atoms with van der Waals surface area (Å²) in [5.74, 6) is -0.955. The third-order valence-corrected chi connectivity index (χ3v) is 6.28. The molecule has 31 heavy (non-hydrogen) atoms. The molecule has 0 atom stereocenters. The Morgan fingerprint density at radius 2 is 1.68 bits per heavy atom. The maximum atomic E-state index is 13.3. The van der Waals surface area contributed by atoms with E-state index in [0.29, 0.717) is 15.9 Å². The van der Waals surface area contributed by atoms with Crippen LogP contribution in [0.3, 0.4) is 0 Å². The van der Waals surface area contributed by atoms with Crippen LogP contribution in [0.1, 0.15) is 21.6 Å². The lowest BCUT2D eigenvalue weighted by Crippen LogP contribution is -2.19. The van der Waals surface area contributed by atoms with Crippen molar-refractivity contribution in [2.45, 2.75) is 11.8 Å². The molecular weight excluding hydrogens is 436 g/mol. The number of benzene rings is 3. The van der Waals surface area contributed by atoms with Gasteiger partial charge in [0.1, 0.15) is 5.69 Å². The summed E-state index contributed by atoms with van der Waals surface area (Å²) in [4.78, 5) is 16.1. The number of aromatic hydroxyl groups is 1. The van der Waals surface area contributed by atoms with Crippen LogP contribution in [-0.2, 0) is 10.0 Å². The van der Waals surface area contributed by atoms with Gasteiger partial charge in [0.05, 0.1) is 4.90 Å². The first-order valence-electron chi connectivity index (χ1n) is 9.28. The molecule has 0 aliphatic carbocycles. The van der Waals surface area contributed by atoms with Crippen molar-refractivity contribution in [2.24, 2.45) is 4.40 Å². The Morgan fingerprint density at radius 3 is 2.35 bits per heavy atom. The molecule has 0 amide bonds. The lowest BCUT2D eigenvalue weighted by Gasteiger charge is -2.07. The number of nitrogens with one attached hydrogen (secondary N) is 1. The van der Waals surface area contributed by atoms with Crippen LogP contribution >= 0.6 is 11.6 Å². The van der Waals surface area contributed by atoms with Crippen LogP contribution in [0.4, 0.5) is 0 Å². The molecule has 6 nitrogen and oxygen atoms in total. The molecule has 0 aliphatic heterocycles. The molecule has 2 N–H and O–H groups in total. The van der Waals surface area contributed by atoms with Crippen molar-refractivity contribution in [3.63, 3.8) is 0 Å². The fourth-order valence-corrected chi connectivity index (χ4v) is 4.30. The first-order chi connectivity index (χ1) is 14.8. The van der Waals surface area contributed by atoms with Gasteiger partial charge in [0, 0.05) is 21.5 Å². The van der Waals surface area contributed by atoms with Crippen LogP contribution in [0.15, 0.2) is 82.1 Å². The number of nitrogens with zero attached hydrogens (tertiary/aromatic N) is 1. The summed E-state index contributed by atoms with van der Waals surface area (Å²) >= 11 is 6.02. The summed E-state index contributed by atoms with van der Waals surface area (Å²) < 4.78 is 29.8. The highest BCUT2D eigenvalue weighted by atomic mass is 35.5. The third kappa shape index (κ3) is 4.10. The largest absolute Gasteiger partial charge is 0.505 e. The number of H-pyrrole nitrogens is 1. The molecule has 0 unspecified atom stereocenters. The van der Waals surface area contributed by atoms with Crippen LogP contribution in [0.2, 0.25) is 5.02 Å². The second kappa shape index (κ2) is 8.02. The summed E-state index contributed by atoms with van der Waals surface area (Å²) in [6.45, 7) is 1.83. The van der Waals surface area contributed by atoms with Crippen LogP contribution in [0, 0.1) is 6.92 Å². The normalized spacial score (nSPS) is 12.3. The number of aromatic amines is 1. The van der Waals surface area contributed by atoms with Gasteiger partial charge in [0.25, 0.3) is 10.0 Å². The quantitative estimate of drug-likeness (QED) is 0.332. The van der Waals surface area contributed by atoms with E-state index in [0.717, 1.165) is 5.56 Å². The Morgan fingerprint density at radius 1 is 1.00 bits per heavy atom. The van der Waals surface area contributed by atoms with Gasteiger partial charge in [-0.05, 0) is 37.3 Å². The van der Waals surface area contributed by atoms with Gasteiger partial charge in [-0.2, -0.15) is 12.8 Å². The zero-order valence-electron chi connectivity index (χ0n) is 16.3. The van der Waals surface area contributed by atoms with Crippen LogP contribution in [-0.4, -0.2) is 30.0 Å². The first-order valence-corrected chi connectivity index (χ1v) is 11.1. The monoisotopic (exact) mass is 452 g/mol. The van der Waals surface area contributed by atoms with Gasteiger partial charge in [-0.15, -0.1) is 0 Å². The molecule has 0 bridgehead atoms. The summed E-state index contributed by atoms with van der Waals surface area (Å²) in [5.41, 5.74) is 1.08. The van der Waals surface area contributed by atoms with E-state index in [1.54, 1.807) is 54.6 Å². The maximum absolute atomic E-state index is 13.3. The topological polar surface area (TPSA) is 99.6 Å². The molecule has 0 fully saturated rings. The van der Waals surface area contributed by atoms with Gasteiger partial charge in [0.2, 0.25) is 5.78 Å². The summed E-state index contributed by atoms with van der Waals surface area (Å²) in [6.07, 6.45) is 0. The highest BCUT2D eigenvalue weighted by molar-refractivity contribution is 7.90. The lowest BCUT2D eigenvalue weighted by atomic mass is 10.0. The van der Waals surface area contributed by atoms with Crippen molar-refractivity contribution < 1.29 is 18.3 Å². The number of ketones is 1. The van der Waals surface area contributed by atoms with E-state index < -0.39 is 21.5 Å². The third-order valence-electron chi connectivity index (χ3n) is 4.75. The molecule has 1 aromatic heterocycles. The predicted octanol–water partition coefficient (Wildman–Crippen LogP) is 4.90. The van der Waals surface area contributed by atoms with E-state index in [9.17, 15) is 18.3 Å². The first kappa shape index (κ1) is 20.8. The molecule has 1 heterocycles. The van der Waals surface area contributed by atoms with E-state index in [1.165, 1.54) is 18.2 Å². The van der Waals surface area contributed by atoms with E-state index in [2.05, 4.69) is 9.38 Å². The molecule has 0 aliphatic rings. The van der Waals surface area contributed by atoms with Crippen molar-refractivity contribution in [1.82, 2.24) is 4.98 Å². The van der Waals surface area contributed by atoms with Crippen molar-refractivity contribution >= 4 is 44.0 Å². The molecule has 3 aromatic carbocycles. The SMILES string of the molecule is Cc1ccc(S(=O)(=O)/N=C(/C(=O)c2ccccc2)c2[nH]c3ccc(Cl)cc3c2O)cc1. The fourth-order valence-electron chi connectivity index (χ4n) is 3.13. The molecule has 4 rings (SSSR count). The number of hydrogen-bond donors (Lipinski definition) is 2. The summed E-state index contributed by atoms with van der Waals surface area (Å²) in [6, 6.07) is 19.0. The molecule has 0 saturated heterocycles. The van der Waals surface area contributed by atoms with Gasteiger partial charge in [-0.1, -0.05) is 59.6 Å². The van der Waals surface area contributed by atoms with Crippen molar-refractivity contribution in [1.29, 1.82) is 0 Å². The molecule has 0 radical (unpaired) electrons. The van der Waals surface area contributed by atoms with Crippen molar-refractivity contribution in [2.75, 3.05) is 0 Å². The Kier molecular flexibility index (Phi) is 5.39. The van der Waals surface area contributed by atoms with Gasteiger partial charge in [-0.3, -0.25) is 4.79 Å². The zero-order valence-corrected chi connectivity index (χ0v) is 17.9. The van der Waals surface area contributed by atoms with Crippen LogP contribution in [0.25, 0.3) is 10.9 Å².